The smallest absolute Gasteiger partial charge is 0.338 e. The molecule has 4 nitrogen and oxygen atoms in total. The zero-order valence-corrected chi connectivity index (χ0v) is 13.1. The average Bonchev–Trinajstić information content (AvgIpc) is 3.06. The molecule has 1 aromatic rings. The molecule has 0 radical (unpaired) electrons. The van der Waals surface area contributed by atoms with Crippen LogP contribution in [-0.4, -0.2) is 25.0 Å². The molecule has 1 aromatic carbocycles. The predicted molar refractivity (Wildman–Crippen MR) is 78.4 cm³/mol. The van der Waals surface area contributed by atoms with Crippen LogP contribution in [-0.2, 0) is 19.0 Å². The summed E-state index contributed by atoms with van der Waals surface area (Å²) < 4.78 is 16.9. The van der Waals surface area contributed by atoms with Crippen LogP contribution in [0.3, 0.4) is 0 Å². The third-order valence-corrected chi connectivity index (χ3v) is 4.59. The lowest BCUT2D eigenvalue weighted by Gasteiger charge is -2.21. The standard InChI is InChI=1S/C15H16Cl2O4/c1-19-14(18)13-12(10-5-4-9(16)8-11(10)17)20-15(21-13)6-2-3-7-15/h4-5,8,12-13H,2-3,6-7H2,1H3. The van der Waals surface area contributed by atoms with Crippen LogP contribution in [0.1, 0.15) is 37.4 Å². The van der Waals surface area contributed by atoms with Gasteiger partial charge in [0.2, 0.25) is 0 Å². The summed E-state index contributed by atoms with van der Waals surface area (Å²) >= 11 is 12.2. The quantitative estimate of drug-likeness (QED) is 0.771. The molecular formula is C15H16Cl2O4. The van der Waals surface area contributed by atoms with Gasteiger partial charge in [-0.3, -0.25) is 0 Å². The van der Waals surface area contributed by atoms with E-state index >= 15 is 0 Å². The van der Waals surface area contributed by atoms with Gasteiger partial charge in [0.05, 0.1) is 7.11 Å². The molecule has 21 heavy (non-hydrogen) atoms. The first kappa shape index (κ1) is 15.1. The van der Waals surface area contributed by atoms with Gasteiger partial charge in [-0.05, 0) is 25.0 Å². The number of halogens is 2. The lowest BCUT2D eigenvalue weighted by molar-refractivity contribution is -0.180. The van der Waals surface area contributed by atoms with E-state index in [4.69, 9.17) is 37.4 Å². The SMILES string of the molecule is COC(=O)C1OC2(CCCC2)OC1c1ccc(Cl)cc1Cl. The number of ether oxygens (including phenoxy) is 3. The van der Waals surface area contributed by atoms with Crippen LogP contribution >= 0.6 is 23.2 Å². The van der Waals surface area contributed by atoms with E-state index in [1.54, 1.807) is 18.2 Å². The highest BCUT2D eigenvalue weighted by Crippen LogP contribution is 2.48. The third-order valence-electron chi connectivity index (χ3n) is 4.03. The molecule has 2 atom stereocenters. The van der Waals surface area contributed by atoms with Crippen LogP contribution in [0.5, 0.6) is 0 Å². The molecule has 0 aromatic heterocycles. The number of benzene rings is 1. The van der Waals surface area contributed by atoms with E-state index in [0.717, 1.165) is 25.7 Å². The molecule has 1 saturated heterocycles. The maximum absolute atomic E-state index is 12.0. The van der Waals surface area contributed by atoms with Crippen molar-refractivity contribution in [2.45, 2.75) is 43.7 Å². The summed E-state index contributed by atoms with van der Waals surface area (Å²) in [5, 5.41) is 0.993. The van der Waals surface area contributed by atoms with Crippen molar-refractivity contribution < 1.29 is 19.0 Å². The topological polar surface area (TPSA) is 44.8 Å². The van der Waals surface area contributed by atoms with Gasteiger partial charge in [0.1, 0.15) is 6.10 Å². The van der Waals surface area contributed by atoms with Crippen molar-refractivity contribution in [1.82, 2.24) is 0 Å². The van der Waals surface area contributed by atoms with Gasteiger partial charge in [-0.2, -0.15) is 0 Å². The summed E-state index contributed by atoms with van der Waals surface area (Å²) in [4.78, 5) is 12.0. The molecule has 3 rings (SSSR count). The van der Waals surface area contributed by atoms with Crippen LogP contribution in [0.25, 0.3) is 0 Å². The molecule has 1 spiro atoms. The summed E-state index contributed by atoms with van der Waals surface area (Å²) in [7, 11) is 1.34. The molecule has 6 heteroatoms. The van der Waals surface area contributed by atoms with Gasteiger partial charge in [-0.1, -0.05) is 29.3 Å². The Morgan fingerprint density at radius 2 is 2.00 bits per heavy atom. The summed E-state index contributed by atoms with van der Waals surface area (Å²) in [6, 6.07) is 5.12. The molecular weight excluding hydrogens is 315 g/mol. The molecule has 0 N–H and O–H groups in total. The summed E-state index contributed by atoms with van der Waals surface area (Å²) in [6.07, 6.45) is 2.24. The highest BCUT2D eigenvalue weighted by atomic mass is 35.5. The number of carbonyl (C=O) groups excluding carboxylic acids is 1. The molecule has 1 heterocycles. The van der Waals surface area contributed by atoms with Crippen LogP contribution in [0.4, 0.5) is 0 Å². The number of hydrogen-bond donors (Lipinski definition) is 0. The molecule has 1 aliphatic heterocycles. The van der Waals surface area contributed by atoms with Crippen molar-refractivity contribution in [2.24, 2.45) is 0 Å². The van der Waals surface area contributed by atoms with E-state index in [0.29, 0.717) is 15.6 Å². The highest BCUT2D eigenvalue weighted by molar-refractivity contribution is 6.35. The summed E-state index contributed by atoms with van der Waals surface area (Å²) in [5.74, 6) is -1.14. The molecule has 0 bridgehead atoms. The second-order valence-electron chi connectivity index (χ2n) is 5.38. The lowest BCUT2D eigenvalue weighted by Crippen LogP contribution is -2.30. The van der Waals surface area contributed by atoms with E-state index < -0.39 is 24.0 Å². The molecule has 0 amide bonds. The molecule has 2 fully saturated rings. The van der Waals surface area contributed by atoms with E-state index in [2.05, 4.69) is 0 Å². The minimum atomic E-state index is -0.799. The van der Waals surface area contributed by atoms with Crippen LogP contribution in [0, 0.1) is 0 Å². The summed E-state index contributed by atoms with van der Waals surface area (Å²) in [6.45, 7) is 0. The van der Waals surface area contributed by atoms with Crippen molar-refractivity contribution in [3.05, 3.63) is 33.8 Å². The Hall–Kier alpha value is -0.810. The number of hydrogen-bond acceptors (Lipinski definition) is 4. The fraction of sp³-hybridized carbons (Fsp3) is 0.533. The molecule has 114 valence electrons. The molecule has 2 unspecified atom stereocenters. The lowest BCUT2D eigenvalue weighted by atomic mass is 10.0. The Bertz CT molecular complexity index is 555. The van der Waals surface area contributed by atoms with Gasteiger partial charge in [-0.15, -0.1) is 0 Å². The first-order valence-electron chi connectivity index (χ1n) is 6.93. The minimum Gasteiger partial charge on any atom is -0.467 e. The van der Waals surface area contributed by atoms with Gasteiger partial charge >= 0.3 is 5.97 Å². The monoisotopic (exact) mass is 330 g/mol. The first-order chi connectivity index (χ1) is 10.0. The zero-order valence-electron chi connectivity index (χ0n) is 11.6. The maximum atomic E-state index is 12.0. The highest BCUT2D eigenvalue weighted by Gasteiger charge is 2.53. The van der Waals surface area contributed by atoms with Crippen molar-refractivity contribution in [1.29, 1.82) is 0 Å². The molecule has 1 saturated carbocycles. The van der Waals surface area contributed by atoms with E-state index in [-0.39, 0.29) is 0 Å². The van der Waals surface area contributed by atoms with E-state index in [1.165, 1.54) is 7.11 Å². The first-order valence-corrected chi connectivity index (χ1v) is 7.69. The van der Waals surface area contributed by atoms with E-state index in [1.807, 2.05) is 0 Å². The van der Waals surface area contributed by atoms with Crippen molar-refractivity contribution in [3.63, 3.8) is 0 Å². The van der Waals surface area contributed by atoms with Crippen molar-refractivity contribution in [3.8, 4) is 0 Å². The Balaban J connectivity index is 1.95. The Morgan fingerprint density at radius 1 is 1.29 bits per heavy atom. The van der Waals surface area contributed by atoms with Crippen LogP contribution in [0.15, 0.2) is 18.2 Å². The average molecular weight is 331 g/mol. The minimum absolute atomic E-state index is 0.449. The van der Waals surface area contributed by atoms with Crippen LogP contribution in [0.2, 0.25) is 10.0 Å². The van der Waals surface area contributed by atoms with E-state index in [9.17, 15) is 4.79 Å². The second-order valence-corrected chi connectivity index (χ2v) is 6.23. The number of methoxy groups -OCH3 is 1. The van der Waals surface area contributed by atoms with Crippen molar-refractivity contribution >= 4 is 29.2 Å². The Labute approximate surface area is 133 Å². The number of rotatable bonds is 2. The third kappa shape index (κ3) is 2.78. The van der Waals surface area contributed by atoms with Gasteiger partial charge in [0.25, 0.3) is 0 Å². The largest absolute Gasteiger partial charge is 0.467 e. The molecule has 2 aliphatic rings. The summed E-state index contributed by atoms with van der Waals surface area (Å²) in [5.41, 5.74) is 0.695. The number of esters is 1. The second kappa shape index (κ2) is 5.76. The fourth-order valence-electron chi connectivity index (χ4n) is 3.01. The van der Waals surface area contributed by atoms with Crippen molar-refractivity contribution in [2.75, 3.05) is 7.11 Å². The zero-order chi connectivity index (χ0) is 15.0. The van der Waals surface area contributed by atoms with Crippen LogP contribution < -0.4 is 0 Å². The normalized spacial score (nSPS) is 27.2. The maximum Gasteiger partial charge on any atom is 0.338 e. The number of carbonyl (C=O) groups is 1. The van der Waals surface area contributed by atoms with Gasteiger partial charge in [-0.25, -0.2) is 4.79 Å². The van der Waals surface area contributed by atoms with Gasteiger partial charge < -0.3 is 14.2 Å². The molecule has 1 aliphatic carbocycles. The van der Waals surface area contributed by atoms with Gasteiger partial charge in [0.15, 0.2) is 11.9 Å². The Morgan fingerprint density at radius 3 is 2.62 bits per heavy atom. The Kier molecular flexibility index (Phi) is 4.14. The predicted octanol–water partition coefficient (Wildman–Crippen LogP) is 3.89. The van der Waals surface area contributed by atoms with Gasteiger partial charge in [0, 0.05) is 28.5 Å². The fourth-order valence-corrected chi connectivity index (χ4v) is 3.53.